The van der Waals surface area contributed by atoms with E-state index in [2.05, 4.69) is 79.7 Å². The van der Waals surface area contributed by atoms with E-state index >= 15 is 0 Å². The molecular weight excluding hydrogens is 276 g/mol. The van der Waals surface area contributed by atoms with Crippen LogP contribution in [0, 0.1) is 41.5 Å². The van der Waals surface area contributed by atoms with Crippen molar-refractivity contribution >= 4 is 0 Å². The SMILES string of the molecule is CCC(CC)(c1c(C)cc(C)cc1C)c1c(C)cc(C)cc1C. The number of hydrogen-bond acceptors (Lipinski definition) is 0. The van der Waals surface area contributed by atoms with Crippen LogP contribution in [-0.2, 0) is 5.41 Å². The molecule has 0 saturated heterocycles. The Morgan fingerprint density at radius 2 is 0.826 bits per heavy atom. The standard InChI is InChI=1S/C23H32/c1-9-23(10-2,21-17(5)11-15(3)12-18(21)6)22-19(7)13-16(4)14-20(22)8/h11-14H,9-10H2,1-8H3. The van der Waals surface area contributed by atoms with E-state index in [4.69, 9.17) is 0 Å². The molecule has 124 valence electrons. The van der Waals surface area contributed by atoms with Crippen LogP contribution < -0.4 is 0 Å². The third-order valence-corrected chi connectivity index (χ3v) is 5.52. The van der Waals surface area contributed by atoms with Gasteiger partial charge in [-0.15, -0.1) is 0 Å². The fourth-order valence-electron chi connectivity index (χ4n) is 4.95. The lowest BCUT2D eigenvalue weighted by atomic mass is 9.65. The maximum absolute atomic E-state index is 2.35. The molecule has 0 fully saturated rings. The first kappa shape index (κ1) is 17.8. The van der Waals surface area contributed by atoms with Gasteiger partial charge in [0.2, 0.25) is 0 Å². The van der Waals surface area contributed by atoms with Gasteiger partial charge in [0, 0.05) is 5.41 Å². The molecule has 0 radical (unpaired) electrons. The van der Waals surface area contributed by atoms with Crippen LogP contribution in [0.5, 0.6) is 0 Å². The molecule has 0 aliphatic rings. The Kier molecular flexibility index (Phi) is 5.04. The van der Waals surface area contributed by atoms with E-state index in [1.165, 1.54) is 33.4 Å². The predicted octanol–water partition coefficient (Wildman–Crippen LogP) is 6.64. The summed E-state index contributed by atoms with van der Waals surface area (Å²) in [7, 11) is 0. The van der Waals surface area contributed by atoms with Crippen molar-refractivity contribution in [1.29, 1.82) is 0 Å². The minimum atomic E-state index is 0.115. The van der Waals surface area contributed by atoms with Gasteiger partial charge in [-0.1, -0.05) is 49.2 Å². The van der Waals surface area contributed by atoms with Gasteiger partial charge in [0.1, 0.15) is 0 Å². The quantitative estimate of drug-likeness (QED) is 0.593. The van der Waals surface area contributed by atoms with Gasteiger partial charge in [-0.05, 0) is 87.8 Å². The number of benzene rings is 2. The number of rotatable bonds is 4. The lowest BCUT2D eigenvalue weighted by molar-refractivity contribution is 0.468. The van der Waals surface area contributed by atoms with E-state index in [0.29, 0.717) is 0 Å². The molecule has 0 aliphatic carbocycles. The molecule has 0 heteroatoms. The Bertz CT molecular complexity index is 609. The lowest BCUT2D eigenvalue weighted by Crippen LogP contribution is -2.30. The molecule has 0 N–H and O–H groups in total. The minimum Gasteiger partial charge on any atom is -0.0642 e. The highest BCUT2D eigenvalue weighted by atomic mass is 14.4. The average molecular weight is 309 g/mol. The fraction of sp³-hybridized carbons (Fsp3) is 0.478. The molecule has 0 amide bonds. The van der Waals surface area contributed by atoms with Crippen molar-refractivity contribution in [3.8, 4) is 0 Å². The molecule has 0 spiro atoms. The average Bonchev–Trinajstić information content (AvgIpc) is 2.43. The third kappa shape index (κ3) is 2.96. The van der Waals surface area contributed by atoms with Crippen LogP contribution in [-0.4, -0.2) is 0 Å². The van der Waals surface area contributed by atoms with Crippen LogP contribution >= 0.6 is 0 Å². The van der Waals surface area contributed by atoms with Crippen LogP contribution in [0.15, 0.2) is 24.3 Å². The summed E-state index contributed by atoms with van der Waals surface area (Å²) in [6, 6.07) is 9.39. The lowest BCUT2D eigenvalue weighted by Gasteiger charge is -2.38. The Labute approximate surface area is 143 Å². The highest BCUT2D eigenvalue weighted by Crippen LogP contribution is 2.45. The van der Waals surface area contributed by atoms with Gasteiger partial charge in [0.15, 0.2) is 0 Å². The first-order valence-corrected chi connectivity index (χ1v) is 8.93. The summed E-state index contributed by atoms with van der Waals surface area (Å²) in [5.74, 6) is 0. The van der Waals surface area contributed by atoms with Gasteiger partial charge in [-0.3, -0.25) is 0 Å². The van der Waals surface area contributed by atoms with E-state index < -0.39 is 0 Å². The van der Waals surface area contributed by atoms with Crippen LogP contribution in [0.25, 0.3) is 0 Å². The second kappa shape index (κ2) is 6.51. The molecule has 0 saturated carbocycles. The highest BCUT2D eigenvalue weighted by Gasteiger charge is 2.35. The van der Waals surface area contributed by atoms with Crippen LogP contribution in [0.4, 0.5) is 0 Å². The van der Waals surface area contributed by atoms with Crippen molar-refractivity contribution in [3.05, 3.63) is 68.8 Å². The first-order chi connectivity index (χ1) is 10.8. The monoisotopic (exact) mass is 308 g/mol. The molecule has 2 aromatic carbocycles. The molecule has 0 aliphatic heterocycles. The maximum Gasteiger partial charge on any atom is 0.0208 e. The number of aryl methyl sites for hydroxylation is 6. The topological polar surface area (TPSA) is 0 Å². The Morgan fingerprint density at radius 1 is 0.565 bits per heavy atom. The minimum absolute atomic E-state index is 0.115. The fourth-order valence-corrected chi connectivity index (χ4v) is 4.95. The van der Waals surface area contributed by atoms with E-state index in [1.807, 2.05) is 0 Å². The zero-order valence-electron chi connectivity index (χ0n) is 16.2. The van der Waals surface area contributed by atoms with Crippen molar-refractivity contribution in [2.45, 2.75) is 73.6 Å². The first-order valence-electron chi connectivity index (χ1n) is 8.93. The van der Waals surface area contributed by atoms with Gasteiger partial charge in [-0.2, -0.15) is 0 Å². The second-order valence-electron chi connectivity index (χ2n) is 7.34. The summed E-state index contributed by atoms with van der Waals surface area (Å²) >= 11 is 0. The Balaban J connectivity index is 2.87. The van der Waals surface area contributed by atoms with Gasteiger partial charge in [0.25, 0.3) is 0 Å². The van der Waals surface area contributed by atoms with Crippen LogP contribution in [0.1, 0.15) is 71.2 Å². The smallest absolute Gasteiger partial charge is 0.0208 e. The molecular formula is C23H32. The Morgan fingerprint density at radius 3 is 1.04 bits per heavy atom. The maximum atomic E-state index is 2.35. The van der Waals surface area contributed by atoms with Crippen molar-refractivity contribution in [3.63, 3.8) is 0 Å². The summed E-state index contributed by atoms with van der Waals surface area (Å²) in [5, 5.41) is 0. The molecule has 0 aromatic heterocycles. The highest BCUT2D eigenvalue weighted by molar-refractivity contribution is 5.54. The van der Waals surface area contributed by atoms with E-state index in [0.717, 1.165) is 12.8 Å². The normalized spacial score (nSPS) is 11.8. The van der Waals surface area contributed by atoms with Crippen molar-refractivity contribution in [1.82, 2.24) is 0 Å². The molecule has 0 unspecified atom stereocenters. The molecule has 2 aromatic rings. The van der Waals surface area contributed by atoms with E-state index in [-0.39, 0.29) is 5.41 Å². The van der Waals surface area contributed by atoms with Gasteiger partial charge >= 0.3 is 0 Å². The molecule has 0 atom stereocenters. The van der Waals surface area contributed by atoms with Crippen molar-refractivity contribution < 1.29 is 0 Å². The van der Waals surface area contributed by atoms with Crippen LogP contribution in [0.3, 0.4) is 0 Å². The summed E-state index contributed by atoms with van der Waals surface area (Å²) in [6.45, 7) is 18.2. The third-order valence-electron chi connectivity index (χ3n) is 5.52. The van der Waals surface area contributed by atoms with Gasteiger partial charge in [0.05, 0.1) is 0 Å². The molecule has 23 heavy (non-hydrogen) atoms. The van der Waals surface area contributed by atoms with Gasteiger partial charge < -0.3 is 0 Å². The number of hydrogen-bond donors (Lipinski definition) is 0. The second-order valence-corrected chi connectivity index (χ2v) is 7.34. The largest absolute Gasteiger partial charge is 0.0642 e. The molecule has 0 heterocycles. The summed E-state index contributed by atoms with van der Waals surface area (Å²) in [5.41, 5.74) is 11.7. The van der Waals surface area contributed by atoms with Crippen molar-refractivity contribution in [2.24, 2.45) is 0 Å². The van der Waals surface area contributed by atoms with E-state index in [9.17, 15) is 0 Å². The zero-order valence-corrected chi connectivity index (χ0v) is 16.2. The van der Waals surface area contributed by atoms with Crippen LogP contribution in [0.2, 0.25) is 0 Å². The summed E-state index contributed by atoms with van der Waals surface area (Å²) in [6.07, 6.45) is 2.28. The zero-order chi connectivity index (χ0) is 17.4. The predicted molar refractivity (Wildman–Crippen MR) is 103 cm³/mol. The van der Waals surface area contributed by atoms with E-state index in [1.54, 1.807) is 11.1 Å². The van der Waals surface area contributed by atoms with Gasteiger partial charge in [-0.25, -0.2) is 0 Å². The summed E-state index contributed by atoms with van der Waals surface area (Å²) in [4.78, 5) is 0. The molecule has 0 bridgehead atoms. The van der Waals surface area contributed by atoms with Crippen molar-refractivity contribution in [2.75, 3.05) is 0 Å². The summed E-state index contributed by atoms with van der Waals surface area (Å²) < 4.78 is 0. The Hall–Kier alpha value is -1.56. The molecule has 2 rings (SSSR count). The molecule has 0 nitrogen and oxygen atoms in total.